The monoisotopic (exact) mass is 257 g/mol. The van der Waals surface area contributed by atoms with E-state index in [2.05, 4.69) is 59.2 Å². The molecule has 2 aromatic rings. The lowest BCUT2D eigenvalue weighted by atomic mass is 9.78. The van der Waals surface area contributed by atoms with Gasteiger partial charge in [-0.2, -0.15) is 4.98 Å². The van der Waals surface area contributed by atoms with E-state index in [1.807, 2.05) is 6.92 Å². The summed E-state index contributed by atoms with van der Waals surface area (Å²) in [6.07, 6.45) is 0. The zero-order valence-electron chi connectivity index (χ0n) is 11.6. The molecule has 100 valence electrons. The van der Waals surface area contributed by atoms with Crippen molar-refractivity contribution in [2.75, 3.05) is 18.0 Å². The van der Waals surface area contributed by atoms with Crippen LogP contribution in [0.15, 0.2) is 34.9 Å². The van der Waals surface area contributed by atoms with Crippen LogP contribution < -0.4 is 4.90 Å². The number of hydrogen-bond acceptors (Lipinski definition) is 4. The predicted octanol–water partition coefficient (Wildman–Crippen LogP) is 3.01. The third kappa shape index (κ3) is 2.23. The molecule has 1 saturated heterocycles. The average Bonchev–Trinajstić information content (AvgIpc) is 2.94. The minimum Gasteiger partial charge on any atom is -0.338 e. The Kier molecular flexibility index (Phi) is 2.81. The Morgan fingerprint density at radius 2 is 2.00 bits per heavy atom. The van der Waals surface area contributed by atoms with E-state index < -0.39 is 0 Å². The molecule has 2 heterocycles. The van der Waals surface area contributed by atoms with Crippen LogP contribution in [0.3, 0.4) is 0 Å². The largest absolute Gasteiger partial charge is 0.338 e. The fraction of sp³-hybridized carbons (Fsp3) is 0.467. The maximum absolute atomic E-state index is 5.08. The molecular formula is C15H19N3O. The minimum absolute atomic E-state index is 0.204. The van der Waals surface area contributed by atoms with E-state index in [1.165, 1.54) is 5.56 Å². The molecule has 0 bridgehead atoms. The maximum atomic E-state index is 5.08. The van der Waals surface area contributed by atoms with E-state index in [1.54, 1.807) is 0 Å². The third-order valence-electron chi connectivity index (χ3n) is 3.95. The van der Waals surface area contributed by atoms with Crippen molar-refractivity contribution in [3.63, 3.8) is 0 Å². The molecular weight excluding hydrogens is 238 g/mol. The molecule has 0 N–H and O–H groups in total. The van der Waals surface area contributed by atoms with Gasteiger partial charge in [0.1, 0.15) is 0 Å². The van der Waals surface area contributed by atoms with Crippen LogP contribution in [0.5, 0.6) is 0 Å². The molecule has 0 aliphatic carbocycles. The van der Waals surface area contributed by atoms with E-state index >= 15 is 0 Å². The summed E-state index contributed by atoms with van der Waals surface area (Å²) in [6, 6.07) is 10.7. The van der Waals surface area contributed by atoms with Gasteiger partial charge >= 0.3 is 0 Å². The van der Waals surface area contributed by atoms with E-state index in [-0.39, 0.29) is 5.41 Å². The van der Waals surface area contributed by atoms with Crippen molar-refractivity contribution in [3.05, 3.63) is 41.8 Å². The summed E-state index contributed by atoms with van der Waals surface area (Å²) in [5.74, 6) is 1.83. The van der Waals surface area contributed by atoms with Crippen molar-refractivity contribution >= 4 is 5.95 Å². The second kappa shape index (κ2) is 4.37. The number of benzene rings is 1. The lowest BCUT2D eigenvalue weighted by Crippen LogP contribution is -2.24. The van der Waals surface area contributed by atoms with Gasteiger partial charge < -0.3 is 9.42 Å². The van der Waals surface area contributed by atoms with Gasteiger partial charge in [-0.25, -0.2) is 0 Å². The molecule has 0 unspecified atom stereocenters. The number of rotatable bonds is 2. The summed E-state index contributed by atoms with van der Waals surface area (Å²) in [7, 11) is 0. The van der Waals surface area contributed by atoms with Gasteiger partial charge in [0.25, 0.3) is 5.95 Å². The van der Waals surface area contributed by atoms with Gasteiger partial charge in [0.15, 0.2) is 0 Å². The molecule has 4 nitrogen and oxygen atoms in total. The summed E-state index contributed by atoms with van der Waals surface area (Å²) in [4.78, 5) is 6.55. The Balaban J connectivity index is 1.88. The molecule has 0 spiro atoms. The first-order valence-corrected chi connectivity index (χ1v) is 6.66. The Hall–Kier alpha value is -1.84. The highest BCUT2D eigenvalue weighted by Gasteiger charge is 2.41. The van der Waals surface area contributed by atoms with Gasteiger partial charge in [-0.1, -0.05) is 44.2 Å². The van der Waals surface area contributed by atoms with Crippen molar-refractivity contribution < 1.29 is 4.52 Å². The van der Waals surface area contributed by atoms with Gasteiger partial charge in [0.05, 0.1) is 0 Å². The van der Waals surface area contributed by atoms with Crippen LogP contribution in [0, 0.1) is 12.3 Å². The first-order valence-electron chi connectivity index (χ1n) is 6.66. The molecule has 1 fully saturated rings. The van der Waals surface area contributed by atoms with Crippen molar-refractivity contribution in [1.29, 1.82) is 0 Å². The summed E-state index contributed by atoms with van der Waals surface area (Å²) >= 11 is 0. The molecule has 19 heavy (non-hydrogen) atoms. The number of aromatic nitrogens is 2. The third-order valence-corrected chi connectivity index (χ3v) is 3.95. The summed E-state index contributed by atoms with van der Waals surface area (Å²) in [5, 5.41) is 4.03. The molecule has 0 saturated carbocycles. The zero-order valence-corrected chi connectivity index (χ0v) is 11.6. The normalized spacial score (nSPS) is 21.8. The van der Waals surface area contributed by atoms with Gasteiger partial charge in [-0.15, -0.1) is 0 Å². The molecule has 1 aliphatic heterocycles. The Morgan fingerprint density at radius 3 is 2.63 bits per heavy atom. The van der Waals surface area contributed by atoms with E-state index in [0.717, 1.165) is 13.1 Å². The summed E-state index contributed by atoms with van der Waals surface area (Å²) in [5.41, 5.74) is 1.59. The molecule has 3 rings (SSSR count). The quantitative estimate of drug-likeness (QED) is 0.829. The Morgan fingerprint density at radius 1 is 1.26 bits per heavy atom. The molecule has 1 aliphatic rings. The summed E-state index contributed by atoms with van der Waals surface area (Å²) in [6.45, 7) is 8.32. The van der Waals surface area contributed by atoms with Crippen LogP contribution in [0.25, 0.3) is 0 Å². The Labute approximate surface area is 113 Å². The van der Waals surface area contributed by atoms with Gasteiger partial charge in [-0.05, 0) is 16.1 Å². The smallest absolute Gasteiger partial charge is 0.266 e. The molecule has 1 aromatic carbocycles. The molecule has 0 amide bonds. The molecule has 1 atom stereocenters. The van der Waals surface area contributed by atoms with Crippen molar-refractivity contribution in [1.82, 2.24) is 10.1 Å². The first kappa shape index (κ1) is 12.2. The van der Waals surface area contributed by atoms with Crippen molar-refractivity contribution in [2.24, 2.45) is 5.41 Å². The van der Waals surface area contributed by atoms with Crippen LogP contribution in [-0.4, -0.2) is 23.2 Å². The van der Waals surface area contributed by atoms with Crippen LogP contribution in [-0.2, 0) is 0 Å². The highest BCUT2D eigenvalue weighted by atomic mass is 16.5. The second-order valence-electron chi connectivity index (χ2n) is 5.95. The van der Waals surface area contributed by atoms with Crippen LogP contribution in [0.4, 0.5) is 5.95 Å². The number of aryl methyl sites for hydroxylation is 1. The SMILES string of the molecule is Cc1nc(N2C[C@@H](c3ccccc3)C(C)(C)C2)no1. The predicted molar refractivity (Wildman–Crippen MR) is 74.2 cm³/mol. The zero-order chi connectivity index (χ0) is 13.5. The standard InChI is InChI=1S/C15H19N3O/c1-11-16-14(17-19-11)18-9-13(15(2,3)10-18)12-7-5-4-6-8-12/h4-8,13H,9-10H2,1-3H3/t13-/m0/s1. The number of nitrogens with zero attached hydrogens (tertiary/aromatic N) is 3. The van der Waals surface area contributed by atoms with E-state index in [0.29, 0.717) is 17.8 Å². The lowest BCUT2D eigenvalue weighted by Gasteiger charge is -2.25. The minimum atomic E-state index is 0.204. The van der Waals surface area contributed by atoms with Crippen molar-refractivity contribution in [2.45, 2.75) is 26.7 Å². The van der Waals surface area contributed by atoms with E-state index in [4.69, 9.17) is 4.52 Å². The fourth-order valence-corrected chi connectivity index (χ4v) is 2.95. The molecule has 1 aromatic heterocycles. The van der Waals surface area contributed by atoms with Gasteiger partial charge in [-0.3, -0.25) is 0 Å². The fourth-order valence-electron chi connectivity index (χ4n) is 2.95. The topological polar surface area (TPSA) is 42.2 Å². The highest BCUT2D eigenvalue weighted by molar-refractivity contribution is 5.37. The summed E-state index contributed by atoms with van der Waals surface area (Å²) < 4.78 is 5.08. The van der Waals surface area contributed by atoms with Crippen LogP contribution in [0.2, 0.25) is 0 Å². The highest BCUT2D eigenvalue weighted by Crippen LogP contribution is 2.43. The van der Waals surface area contributed by atoms with Crippen molar-refractivity contribution in [3.8, 4) is 0 Å². The first-order chi connectivity index (χ1) is 9.06. The van der Waals surface area contributed by atoms with Gasteiger partial charge in [0, 0.05) is 25.9 Å². The Bertz CT molecular complexity index is 562. The van der Waals surface area contributed by atoms with Gasteiger partial charge in [0.2, 0.25) is 5.89 Å². The number of anilines is 1. The number of hydrogen-bond donors (Lipinski definition) is 0. The van der Waals surface area contributed by atoms with Crippen LogP contribution in [0.1, 0.15) is 31.2 Å². The average molecular weight is 257 g/mol. The molecule has 4 heteroatoms. The lowest BCUT2D eigenvalue weighted by molar-refractivity contribution is 0.364. The van der Waals surface area contributed by atoms with E-state index in [9.17, 15) is 0 Å². The maximum Gasteiger partial charge on any atom is 0.266 e. The second-order valence-corrected chi connectivity index (χ2v) is 5.95. The van der Waals surface area contributed by atoms with Crippen LogP contribution >= 0.6 is 0 Å². The molecule has 0 radical (unpaired) electrons.